The topological polar surface area (TPSA) is 44.9 Å². The summed E-state index contributed by atoms with van der Waals surface area (Å²) in [5, 5.41) is 4.20. The summed E-state index contributed by atoms with van der Waals surface area (Å²) in [6.45, 7) is 0. The maximum absolute atomic E-state index is 12.2. The number of aromatic amines is 1. The molecule has 0 saturated carbocycles. The highest BCUT2D eigenvalue weighted by Gasteiger charge is 2.08. The molecule has 3 nitrogen and oxygen atoms in total. The fourth-order valence-electron chi connectivity index (χ4n) is 2.55. The Hall–Kier alpha value is -2.20. The van der Waals surface area contributed by atoms with Gasteiger partial charge in [0.1, 0.15) is 0 Å². The van der Waals surface area contributed by atoms with Gasteiger partial charge in [-0.05, 0) is 36.4 Å². The van der Waals surface area contributed by atoms with E-state index in [1.807, 2.05) is 54.9 Å². The maximum atomic E-state index is 12.2. The summed E-state index contributed by atoms with van der Waals surface area (Å²) in [4.78, 5) is 16.5. The average Bonchev–Trinajstić information content (AvgIpc) is 2.97. The monoisotopic (exact) mass is 310 g/mol. The molecule has 0 atom stereocenters. The molecule has 4 heteroatoms. The summed E-state index contributed by atoms with van der Waals surface area (Å²) in [5.74, 6) is 0.0479. The molecule has 2 aromatic carbocycles. The van der Waals surface area contributed by atoms with Crippen molar-refractivity contribution in [2.24, 2.45) is 0 Å². The summed E-state index contributed by atoms with van der Waals surface area (Å²) in [7, 11) is 0. The lowest BCUT2D eigenvalue weighted by molar-refractivity contribution is -0.116. The molecule has 0 radical (unpaired) electrons. The first-order chi connectivity index (χ1) is 10.8. The van der Waals surface area contributed by atoms with Crippen LogP contribution in [0.15, 0.2) is 59.6 Å². The summed E-state index contributed by atoms with van der Waals surface area (Å²) in [5.41, 5.74) is 3.19. The van der Waals surface area contributed by atoms with Crippen molar-refractivity contribution in [3.05, 3.63) is 60.3 Å². The Morgan fingerprint density at radius 3 is 2.77 bits per heavy atom. The Bertz CT molecular complexity index is 794. The molecule has 1 amide bonds. The number of nitrogens with one attached hydrogen (secondary N) is 2. The van der Waals surface area contributed by atoms with Crippen LogP contribution in [-0.4, -0.2) is 17.1 Å². The lowest BCUT2D eigenvalue weighted by Crippen LogP contribution is -2.12. The molecule has 22 heavy (non-hydrogen) atoms. The Kier molecular flexibility index (Phi) is 4.49. The molecule has 3 rings (SSSR count). The normalized spacial score (nSPS) is 10.8. The first kappa shape index (κ1) is 14.7. The molecule has 0 aliphatic carbocycles. The van der Waals surface area contributed by atoms with Gasteiger partial charge in [0.15, 0.2) is 0 Å². The third-order valence-electron chi connectivity index (χ3n) is 3.68. The molecule has 0 saturated heterocycles. The number of aromatic nitrogens is 1. The van der Waals surface area contributed by atoms with E-state index in [-0.39, 0.29) is 5.91 Å². The van der Waals surface area contributed by atoms with Crippen molar-refractivity contribution in [3.63, 3.8) is 0 Å². The van der Waals surface area contributed by atoms with Crippen LogP contribution in [0.4, 0.5) is 5.69 Å². The zero-order chi connectivity index (χ0) is 15.4. The first-order valence-electron chi connectivity index (χ1n) is 7.26. The van der Waals surface area contributed by atoms with E-state index in [9.17, 15) is 4.79 Å². The highest BCUT2D eigenvalue weighted by atomic mass is 32.2. The van der Waals surface area contributed by atoms with E-state index in [4.69, 9.17) is 0 Å². The first-order valence-corrected chi connectivity index (χ1v) is 8.48. The van der Waals surface area contributed by atoms with Gasteiger partial charge in [-0.25, -0.2) is 0 Å². The quantitative estimate of drug-likeness (QED) is 0.683. The van der Waals surface area contributed by atoms with Gasteiger partial charge in [0.2, 0.25) is 5.91 Å². The lowest BCUT2D eigenvalue weighted by atomic mass is 10.1. The van der Waals surface area contributed by atoms with Gasteiger partial charge in [0.05, 0.1) is 5.69 Å². The van der Waals surface area contributed by atoms with E-state index >= 15 is 0 Å². The van der Waals surface area contributed by atoms with Crippen molar-refractivity contribution in [2.75, 3.05) is 11.6 Å². The van der Waals surface area contributed by atoms with Crippen molar-refractivity contribution in [1.82, 2.24) is 4.98 Å². The van der Waals surface area contributed by atoms with Crippen molar-refractivity contribution in [1.29, 1.82) is 0 Å². The van der Waals surface area contributed by atoms with Gasteiger partial charge in [0, 0.05) is 28.4 Å². The van der Waals surface area contributed by atoms with Gasteiger partial charge in [-0.2, -0.15) is 0 Å². The van der Waals surface area contributed by atoms with Crippen LogP contribution in [-0.2, 0) is 11.2 Å². The Morgan fingerprint density at radius 2 is 1.91 bits per heavy atom. The molecular formula is C18H18N2OS. The summed E-state index contributed by atoms with van der Waals surface area (Å²) < 4.78 is 0. The Morgan fingerprint density at radius 1 is 1.14 bits per heavy atom. The number of aryl methyl sites for hydroxylation is 1. The van der Waals surface area contributed by atoms with Crippen LogP contribution >= 0.6 is 11.8 Å². The summed E-state index contributed by atoms with van der Waals surface area (Å²) in [6.07, 6.45) is 5.21. The second-order valence-electron chi connectivity index (χ2n) is 5.11. The number of benzene rings is 2. The number of carbonyl (C=O) groups is 1. The van der Waals surface area contributed by atoms with Crippen LogP contribution in [0.25, 0.3) is 10.9 Å². The zero-order valence-electron chi connectivity index (χ0n) is 12.4. The Labute approximate surface area is 134 Å². The molecule has 0 unspecified atom stereocenters. The fraction of sp³-hybridized carbons (Fsp3) is 0.167. The zero-order valence-corrected chi connectivity index (χ0v) is 13.2. The van der Waals surface area contributed by atoms with E-state index in [1.54, 1.807) is 11.8 Å². The number of anilines is 1. The number of thioether (sulfide) groups is 1. The predicted octanol–water partition coefficient (Wildman–Crippen LogP) is 4.46. The van der Waals surface area contributed by atoms with Crippen LogP contribution in [0.5, 0.6) is 0 Å². The third kappa shape index (κ3) is 3.17. The minimum Gasteiger partial charge on any atom is -0.361 e. The van der Waals surface area contributed by atoms with Gasteiger partial charge in [-0.3, -0.25) is 4.79 Å². The van der Waals surface area contributed by atoms with E-state index in [0.717, 1.165) is 22.5 Å². The molecule has 0 spiro atoms. The molecule has 0 aliphatic rings. The highest BCUT2D eigenvalue weighted by molar-refractivity contribution is 7.98. The molecule has 3 aromatic rings. The number of rotatable bonds is 5. The van der Waals surface area contributed by atoms with Crippen LogP contribution in [0, 0.1) is 0 Å². The number of carbonyl (C=O) groups excluding carboxylic acids is 1. The number of amides is 1. The van der Waals surface area contributed by atoms with Crippen molar-refractivity contribution in [3.8, 4) is 0 Å². The van der Waals surface area contributed by atoms with Gasteiger partial charge in [-0.1, -0.05) is 30.3 Å². The van der Waals surface area contributed by atoms with E-state index in [2.05, 4.69) is 16.4 Å². The third-order valence-corrected chi connectivity index (χ3v) is 4.47. The van der Waals surface area contributed by atoms with Crippen LogP contribution in [0.1, 0.15) is 12.0 Å². The second-order valence-corrected chi connectivity index (χ2v) is 5.96. The SMILES string of the molecule is CSc1ccccc1NC(=O)CCc1c[nH]c2ccccc12. The van der Waals surface area contributed by atoms with Crippen molar-refractivity contribution >= 4 is 34.3 Å². The largest absolute Gasteiger partial charge is 0.361 e. The molecular weight excluding hydrogens is 292 g/mol. The number of para-hydroxylation sites is 2. The second kappa shape index (κ2) is 6.71. The minimum atomic E-state index is 0.0479. The van der Waals surface area contributed by atoms with Gasteiger partial charge in [0.25, 0.3) is 0 Å². The van der Waals surface area contributed by atoms with Crippen LogP contribution in [0.2, 0.25) is 0 Å². The molecule has 2 N–H and O–H groups in total. The number of hydrogen-bond acceptors (Lipinski definition) is 2. The van der Waals surface area contributed by atoms with E-state index in [0.29, 0.717) is 6.42 Å². The fourth-order valence-corrected chi connectivity index (χ4v) is 3.10. The van der Waals surface area contributed by atoms with Gasteiger partial charge < -0.3 is 10.3 Å². The smallest absolute Gasteiger partial charge is 0.224 e. The van der Waals surface area contributed by atoms with Crippen molar-refractivity contribution < 1.29 is 4.79 Å². The van der Waals surface area contributed by atoms with Crippen LogP contribution in [0.3, 0.4) is 0 Å². The van der Waals surface area contributed by atoms with E-state index < -0.39 is 0 Å². The molecule has 1 aromatic heterocycles. The number of hydrogen-bond donors (Lipinski definition) is 2. The van der Waals surface area contributed by atoms with E-state index in [1.165, 1.54) is 10.9 Å². The molecule has 1 heterocycles. The van der Waals surface area contributed by atoms with Gasteiger partial charge >= 0.3 is 0 Å². The summed E-state index contributed by atoms with van der Waals surface area (Å²) >= 11 is 1.64. The predicted molar refractivity (Wildman–Crippen MR) is 93.5 cm³/mol. The van der Waals surface area contributed by atoms with Crippen LogP contribution < -0.4 is 5.32 Å². The molecule has 0 fully saturated rings. The maximum Gasteiger partial charge on any atom is 0.224 e. The lowest BCUT2D eigenvalue weighted by Gasteiger charge is -2.09. The van der Waals surface area contributed by atoms with Crippen molar-refractivity contribution in [2.45, 2.75) is 17.7 Å². The molecule has 0 aliphatic heterocycles. The standard InChI is InChI=1S/C18H18N2OS/c1-22-17-9-5-4-8-16(17)20-18(21)11-10-13-12-19-15-7-3-2-6-14(13)15/h2-9,12,19H,10-11H2,1H3,(H,20,21). The van der Waals surface area contributed by atoms with Gasteiger partial charge in [-0.15, -0.1) is 11.8 Å². The minimum absolute atomic E-state index is 0.0479. The molecule has 0 bridgehead atoms. The summed E-state index contributed by atoms with van der Waals surface area (Å²) in [6, 6.07) is 16.0. The Balaban J connectivity index is 1.65. The number of fused-ring (bicyclic) bond motifs is 1. The average molecular weight is 310 g/mol. The number of H-pyrrole nitrogens is 1. The molecule has 112 valence electrons. The highest BCUT2D eigenvalue weighted by Crippen LogP contribution is 2.25.